The van der Waals surface area contributed by atoms with Crippen molar-refractivity contribution in [1.29, 1.82) is 0 Å². The summed E-state index contributed by atoms with van der Waals surface area (Å²) in [7, 11) is -1.83. The van der Waals surface area contributed by atoms with Crippen LogP contribution in [0.2, 0.25) is 0 Å². The predicted molar refractivity (Wildman–Crippen MR) is 110 cm³/mol. The number of carboxylic acids is 1. The van der Waals surface area contributed by atoms with Gasteiger partial charge in [-0.3, -0.25) is 9.48 Å². The van der Waals surface area contributed by atoms with Crippen molar-refractivity contribution in [1.82, 2.24) is 30.5 Å². The van der Waals surface area contributed by atoms with E-state index in [9.17, 15) is 19.6 Å². The van der Waals surface area contributed by atoms with Gasteiger partial charge in [-0.2, -0.15) is 0 Å². The average molecular weight is 449 g/mol. The fourth-order valence-electron chi connectivity index (χ4n) is 2.40. The second-order valence-corrected chi connectivity index (χ2v) is 8.23. The molecule has 1 atom stereocenters. The number of anilines is 1. The van der Waals surface area contributed by atoms with Crippen molar-refractivity contribution in [2.24, 2.45) is 0 Å². The molecule has 15 heteroatoms. The van der Waals surface area contributed by atoms with Crippen molar-refractivity contribution in [3.63, 3.8) is 0 Å². The number of hydrogen-bond acceptors (Lipinski definition) is 11. The SMILES string of the molecule is Nc1nnc(SCC(=O)NC(Cn2cc(-c3cccc(C(=O)O)c3)nn2)B(O)O)s1. The third kappa shape index (κ3) is 5.76. The van der Waals surface area contributed by atoms with Gasteiger partial charge in [0, 0.05) is 5.56 Å². The summed E-state index contributed by atoms with van der Waals surface area (Å²) in [5, 5.41) is 46.4. The lowest BCUT2D eigenvalue weighted by Gasteiger charge is -2.17. The maximum Gasteiger partial charge on any atom is 0.477 e. The molecule has 0 aliphatic carbocycles. The van der Waals surface area contributed by atoms with E-state index in [0.29, 0.717) is 15.6 Å². The number of nitrogens with zero attached hydrogens (tertiary/aromatic N) is 5. The Kier molecular flexibility index (Phi) is 6.99. The predicted octanol–water partition coefficient (Wildman–Crippen LogP) is -0.634. The van der Waals surface area contributed by atoms with Gasteiger partial charge in [0.05, 0.1) is 30.0 Å². The summed E-state index contributed by atoms with van der Waals surface area (Å²) in [4.78, 5) is 23.2. The smallest absolute Gasteiger partial charge is 0.477 e. The fourth-order valence-corrected chi connectivity index (χ4v) is 3.85. The van der Waals surface area contributed by atoms with Gasteiger partial charge in [-0.15, -0.1) is 15.3 Å². The van der Waals surface area contributed by atoms with E-state index < -0.39 is 24.9 Å². The van der Waals surface area contributed by atoms with Crippen molar-refractivity contribution < 1.29 is 24.7 Å². The number of amides is 1. The van der Waals surface area contributed by atoms with Crippen LogP contribution in [0.25, 0.3) is 11.3 Å². The standard InChI is InChI=1S/C15H16BN7O5S2/c17-14-20-21-15(30-14)29-7-12(24)18-11(16(27)28)6-23-5-10(19-22-23)8-2-1-3-9(4-8)13(25)26/h1-5,11,27-28H,6-7H2,(H2,17,20)(H,18,24)(H,25,26). The van der Waals surface area contributed by atoms with Crippen molar-refractivity contribution in [2.75, 3.05) is 11.5 Å². The molecule has 0 bridgehead atoms. The second kappa shape index (κ2) is 9.66. The molecule has 1 amide bonds. The molecule has 1 aromatic carbocycles. The highest BCUT2D eigenvalue weighted by atomic mass is 32.2. The van der Waals surface area contributed by atoms with Crippen LogP contribution in [-0.4, -0.2) is 71.0 Å². The van der Waals surface area contributed by atoms with E-state index in [1.807, 2.05) is 0 Å². The summed E-state index contributed by atoms with van der Waals surface area (Å²) in [6, 6.07) is 6.17. The quantitative estimate of drug-likeness (QED) is 0.206. The average Bonchev–Trinajstić information content (AvgIpc) is 3.35. The number of carbonyl (C=O) groups is 2. The minimum Gasteiger partial charge on any atom is -0.478 e. The third-order valence-electron chi connectivity index (χ3n) is 3.78. The van der Waals surface area contributed by atoms with E-state index >= 15 is 0 Å². The highest BCUT2D eigenvalue weighted by molar-refractivity contribution is 8.01. The van der Waals surface area contributed by atoms with E-state index in [4.69, 9.17) is 10.8 Å². The Hall–Kier alpha value is -3.01. The fraction of sp³-hybridized carbons (Fsp3) is 0.200. The zero-order valence-electron chi connectivity index (χ0n) is 15.2. The molecule has 0 spiro atoms. The number of rotatable bonds is 9. The largest absolute Gasteiger partial charge is 0.478 e. The molecule has 0 fully saturated rings. The molecular formula is C15H16BN7O5S2. The van der Waals surface area contributed by atoms with Crippen LogP contribution in [0.1, 0.15) is 10.4 Å². The minimum absolute atomic E-state index is 0.0115. The number of nitrogens with two attached hydrogens (primary N) is 1. The lowest BCUT2D eigenvalue weighted by atomic mass is 9.79. The molecule has 12 nitrogen and oxygen atoms in total. The Morgan fingerprint density at radius 3 is 2.77 bits per heavy atom. The van der Waals surface area contributed by atoms with Crippen LogP contribution in [0.15, 0.2) is 34.8 Å². The van der Waals surface area contributed by atoms with Crippen molar-refractivity contribution in [3.8, 4) is 11.3 Å². The molecule has 3 aromatic rings. The van der Waals surface area contributed by atoms with Gasteiger partial charge in [-0.25, -0.2) is 4.79 Å². The molecule has 30 heavy (non-hydrogen) atoms. The Bertz CT molecular complexity index is 1040. The summed E-state index contributed by atoms with van der Waals surface area (Å²) in [6.07, 6.45) is 1.52. The highest BCUT2D eigenvalue weighted by Gasteiger charge is 2.26. The number of thioether (sulfide) groups is 1. The first-order valence-corrected chi connectivity index (χ1v) is 10.2. The van der Waals surface area contributed by atoms with Crippen LogP contribution in [0.3, 0.4) is 0 Å². The topological polar surface area (TPSA) is 189 Å². The number of carboxylic acid groups (broad SMARTS) is 1. The molecule has 0 saturated carbocycles. The molecule has 1 unspecified atom stereocenters. The highest BCUT2D eigenvalue weighted by Crippen LogP contribution is 2.23. The molecule has 0 aliphatic heterocycles. The van der Waals surface area contributed by atoms with Crippen molar-refractivity contribution in [2.45, 2.75) is 16.8 Å². The van der Waals surface area contributed by atoms with Crippen LogP contribution in [0.5, 0.6) is 0 Å². The van der Waals surface area contributed by atoms with E-state index in [1.54, 1.807) is 12.1 Å². The molecule has 0 radical (unpaired) electrons. The van der Waals surface area contributed by atoms with Gasteiger partial charge in [0.2, 0.25) is 11.0 Å². The van der Waals surface area contributed by atoms with Gasteiger partial charge < -0.3 is 26.2 Å². The van der Waals surface area contributed by atoms with Crippen LogP contribution in [0.4, 0.5) is 5.13 Å². The summed E-state index contributed by atoms with van der Waals surface area (Å²) >= 11 is 2.26. The van der Waals surface area contributed by atoms with Crippen molar-refractivity contribution >= 4 is 47.2 Å². The first kappa shape index (κ1) is 21.7. The second-order valence-electron chi connectivity index (χ2n) is 5.99. The normalized spacial score (nSPS) is 11.8. The Labute approximate surface area is 178 Å². The summed E-state index contributed by atoms with van der Waals surface area (Å²) in [5.41, 5.74) is 6.53. The number of nitrogen functional groups attached to an aromatic ring is 1. The van der Waals surface area contributed by atoms with E-state index in [-0.39, 0.29) is 23.0 Å². The number of aromatic nitrogens is 5. The number of nitrogens with one attached hydrogen (secondary N) is 1. The van der Waals surface area contributed by atoms with Crippen LogP contribution in [0, 0.1) is 0 Å². The Morgan fingerprint density at radius 1 is 1.30 bits per heavy atom. The molecule has 3 rings (SSSR count). The molecule has 2 aromatic heterocycles. The monoisotopic (exact) mass is 449 g/mol. The lowest BCUT2D eigenvalue weighted by molar-refractivity contribution is -0.119. The zero-order chi connectivity index (χ0) is 21.7. The maximum atomic E-state index is 12.1. The number of carbonyl (C=O) groups excluding carboxylic acids is 1. The Morgan fingerprint density at radius 2 is 2.10 bits per heavy atom. The van der Waals surface area contributed by atoms with Crippen LogP contribution < -0.4 is 11.1 Å². The van der Waals surface area contributed by atoms with Gasteiger partial charge in [0.1, 0.15) is 5.69 Å². The van der Waals surface area contributed by atoms with E-state index in [0.717, 1.165) is 23.1 Å². The van der Waals surface area contributed by atoms with Gasteiger partial charge in [-0.05, 0) is 12.1 Å². The van der Waals surface area contributed by atoms with Crippen LogP contribution >= 0.6 is 23.1 Å². The van der Waals surface area contributed by atoms with Crippen molar-refractivity contribution in [3.05, 3.63) is 36.0 Å². The van der Waals surface area contributed by atoms with Gasteiger partial charge >= 0.3 is 13.1 Å². The molecule has 2 heterocycles. The number of hydrogen-bond donors (Lipinski definition) is 5. The maximum absolute atomic E-state index is 12.1. The molecule has 6 N–H and O–H groups in total. The summed E-state index contributed by atoms with van der Waals surface area (Å²) in [6.45, 7) is -0.0640. The third-order valence-corrected chi connectivity index (χ3v) is 5.67. The molecular weight excluding hydrogens is 433 g/mol. The minimum atomic E-state index is -1.83. The van der Waals surface area contributed by atoms with Gasteiger partial charge in [0.25, 0.3) is 0 Å². The summed E-state index contributed by atoms with van der Waals surface area (Å²) in [5.74, 6) is -2.56. The summed E-state index contributed by atoms with van der Waals surface area (Å²) < 4.78 is 1.85. The van der Waals surface area contributed by atoms with Crippen LogP contribution in [-0.2, 0) is 11.3 Å². The molecule has 156 valence electrons. The first-order chi connectivity index (χ1) is 14.3. The van der Waals surface area contributed by atoms with E-state index in [1.165, 1.54) is 23.0 Å². The molecule has 0 aliphatic rings. The molecule has 0 saturated heterocycles. The lowest BCUT2D eigenvalue weighted by Crippen LogP contribution is -2.49. The van der Waals surface area contributed by atoms with Gasteiger partial charge in [-0.1, -0.05) is 40.4 Å². The van der Waals surface area contributed by atoms with E-state index in [2.05, 4.69) is 25.8 Å². The first-order valence-electron chi connectivity index (χ1n) is 8.43. The van der Waals surface area contributed by atoms with Gasteiger partial charge in [0.15, 0.2) is 4.34 Å². The number of aromatic carboxylic acids is 1. The number of benzene rings is 1. The zero-order valence-corrected chi connectivity index (χ0v) is 16.9. The Balaban J connectivity index is 1.62.